The zero-order valence-electron chi connectivity index (χ0n) is 6.08. The molecular weight excluding hydrogens is 207 g/mol. The van der Waals surface area contributed by atoms with E-state index >= 15 is 0 Å². The molecule has 1 unspecified atom stereocenters. The highest BCUT2D eigenvalue weighted by atomic mass is 19.4. The molecule has 13 heavy (non-hydrogen) atoms. The maximum atomic E-state index is 12.2. The SMILES string of the molecule is NCC(C(F)(F)F)C(F)(F)C(F)F. The summed E-state index contributed by atoms with van der Waals surface area (Å²) in [6.07, 6.45) is -9.79. The monoisotopic (exact) mass is 213 g/mol. The van der Waals surface area contributed by atoms with Crippen molar-refractivity contribution in [2.24, 2.45) is 11.7 Å². The first-order chi connectivity index (χ1) is 5.64. The molecule has 0 amide bonds. The lowest BCUT2D eigenvalue weighted by Gasteiger charge is -2.26. The van der Waals surface area contributed by atoms with E-state index in [2.05, 4.69) is 5.73 Å². The minimum absolute atomic E-state index is 1.57. The lowest BCUT2D eigenvalue weighted by atomic mass is 10.0. The number of halogens is 7. The Morgan fingerprint density at radius 3 is 1.46 bits per heavy atom. The van der Waals surface area contributed by atoms with Gasteiger partial charge >= 0.3 is 18.5 Å². The van der Waals surface area contributed by atoms with Gasteiger partial charge in [-0.25, -0.2) is 8.78 Å². The third kappa shape index (κ3) is 2.71. The molecule has 0 aromatic rings. The Balaban J connectivity index is 4.77. The van der Waals surface area contributed by atoms with Crippen molar-refractivity contribution < 1.29 is 30.7 Å². The van der Waals surface area contributed by atoms with Crippen molar-refractivity contribution in [2.45, 2.75) is 18.5 Å². The number of hydrogen-bond acceptors (Lipinski definition) is 1. The second-order valence-electron chi connectivity index (χ2n) is 2.31. The highest BCUT2D eigenvalue weighted by Gasteiger charge is 2.59. The van der Waals surface area contributed by atoms with Gasteiger partial charge in [0.05, 0.1) is 0 Å². The van der Waals surface area contributed by atoms with Gasteiger partial charge in [-0.2, -0.15) is 22.0 Å². The summed E-state index contributed by atoms with van der Waals surface area (Å²) in [5, 5.41) is 0. The molecule has 0 saturated heterocycles. The maximum absolute atomic E-state index is 12.2. The average Bonchev–Trinajstić information content (AvgIpc) is 1.83. The van der Waals surface area contributed by atoms with Crippen molar-refractivity contribution in [3.63, 3.8) is 0 Å². The Kier molecular flexibility index (Phi) is 3.54. The summed E-state index contributed by atoms with van der Waals surface area (Å²) in [6.45, 7) is -1.57. The molecule has 0 aromatic heterocycles. The Morgan fingerprint density at radius 2 is 1.38 bits per heavy atom. The van der Waals surface area contributed by atoms with E-state index in [9.17, 15) is 30.7 Å². The molecule has 0 fully saturated rings. The predicted octanol–water partition coefficient (Wildman–Crippen LogP) is 2.02. The minimum Gasteiger partial charge on any atom is -0.330 e. The zero-order valence-corrected chi connectivity index (χ0v) is 6.08. The molecular formula is C5H6F7N. The second-order valence-corrected chi connectivity index (χ2v) is 2.31. The van der Waals surface area contributed by atoms with E-state index < -0.39 is 31.0 Å². The van der Waals surface area contributed by atoms with Crippen LogP contribution in [0.2, 0.25) is 0 Å². The van der Waals surface area contributed by atoms with Gasteiger partial charge in [0.15, 0.2) is 0 Å². The van der Waals surface area contributed by atoms with E-state index in [1.54, 1.807) is 0 Å². The van der Waals surface area contributed by atoms with Gasteiger partial charge in [-0.05, 0) is 0 Å². The molecule has 0 aromatic carbocycles. The summed E-state index contributed by atoms with van der Waals surface area (Å²) in [5.41, 5.74) is 4.35. The molecule has 0 aliphatic heterocycles. The summed E-state index contributed by atoms with van der Waals surface area (Å²) < 4.78 is 82.3. The Hall–Kier alpha value is -0.530. The van der Waals surface area contributed by atoms with Crippen molar-refractivity contribution in [1.82, 2.24) is 0 Å². The van der Waals surface area contributed by atoms with Crippen molar-refractivity contribution >= 4 is 0 Å². The molecule has 0 rings (SSSR count). The van der Waals surface area contributed by atoms with Crippen LogP contribution in [0, 0.1) is 5.92 Å². The van der Waals surface area contributed by atoms with Crippen LogP contribution >= 0.6 is 0 Å². The lowest BCUT2D eigenvalue weighted by molar-refractivity contribution is -0.268. The second kappa shape index (κ2) is 3.69. The van der Waals surface area contributed by atoms with Gasteiger partial charge in [-0.1, -0.05) is 0 Å². The van der Waals surface area contributed by atoms with E-state index in [0.29, 0.717) is 0 Å². The first-order valence-corrected chi connectivity index (χ1v) is 3.06. The van der Waals surface area contributed by atoms with E-state index in [4.69, 9.17) is 0 Å². The summed E-state index contributed by atoms with van der Waals surface area (Å²) in [7, 11) is 0. The van der Waals surface area contributed by atoms with Crippen LogP contribution in [-0.4, -0.2) is 25.1 Å². The molecule has 2 N–H and O–H groups in total. The van der Waals surface area contributed by atoms with Gasteiger partial charge in [-0.3, -0.25) is 0 Å². The zero-order chi connectivity index (χ0) is 10.9. The van der Waals surface area contributed by atoms with Crippen LogP contribution in [0.5, 0.6) is 0 Å². The van der Waals surface area contributed by atoms with Gasteiger partial charge in [0.2, 0.25) is 0 Å². The van der Waals surface area contributed by atoms with E-state index in [-0.39, 0.29) is 0 Å². The van der Waals surface area contributed by atoms with Crippen molar-refractivity contribution in [3.05, 3.63) is 0 Å². The third-order valence-electron chi connectivity index (χ3n) is 1.39. The average molecular weight is 213 g/mol. The smallest absolute Gasteiger partial charge is 0.330 e. The van der Waals surface area contributed by atoms with Crippen molar-refractivity contribution in [2.75, 3.05) is 6.54 Å². The van der Waals surface area contributed by atoms with Gasteiger partial charge in [0, 0.05) is 6.54 Å². The molecule has 0 bridgehead atoms. The quantitative estimate of drug-likeness (QED) is 0.713. The number of nitrogens with two attached hydrogens (primary N) is 1. The van der Waals surface area contributed by atoms with Crippen LogP contribution < -0.4 is 5.73 Å². The van der Waals surface area contributed by atoms with Gasteiger partial charge in [0.1, 0.15) is 5.92 Å². The highest BCUT2D eigenvalue weighted by Crippen LogP contribution is 2.40. The van der Waals surface area contributed by atoms with Crippen molar-refractivity contribution in [1.29, 1.82) is 0 Å². The summed E-state index contributed by atoms with van der Waals surface area (Å²) in [6, 6.07) is 0. The molecule has 0 aliphatic rings. The number of alkyl halides is 7. The maximum Gasteiger partial charge on any atom is 0.399 e. The number of hydrogen-bond donors (Lipinski definition) is 1. The lowest BCUT2D eigenvalue weighted by Crippen LogP contribution is -2.48. The molecule has 1 atom stereocenters. The van der Waals surface area contributed by atoms with Gasteiger partial charge in [0.25, 0.3) is 0 Å². The Bertz CT molecular complexity index is 163. The fraction of sp³-hybridized carbons (Fsp3) is 1.00. The third-order valence-corrected chi connectivity index (χ3v) is 1.39. The van der Waals surface area contributed by atoms with Crippen LogP contribution in [0.1, 0.15) is 0 Å². The molecule has 8 heteroatoms. The topological polar surface area (TPSA) is 26.0 Å². The van der Waals surface area contributed by atoms with Gasteiger partial charge < -0.3 is 5.73 Å². The summed E-state index contributed by atoms with van der Waals surface area (Å²) >= 11 is 0. The standard InChI is InChI=1S/C5H6F7N/c6-3(7)4(8,9)2(1-13)5(10,11)12/h2-3H,1,13H2. The Labute approximate surface area is 68.7 Å². The van der Waals surface area contributed by atoms with Crippen LogP contribution in [0.25, 0.3) is 0 Å². The summed E-state index contributed by atoms with van der Waals surface area (Å²) in [4.78, 5) is 0. The predicted molar refractivity (Wildman–Crippen MR) is 29.6 cm³/mol. The fourth-order valence-corrected chi connectivity index (χ4v) is 0.661. The fourth-order valence-electron chi connectivity index (χ4n) is 0.661. The van der Waals surface area contributed by atoms with E-state index in [1.807, 2.05) is 0 Å². The molecule has 80 valence electrons. The van der Waals surface area contributed by atoms with Crippen LogP contribution in [0.4, 0.5) is 30.7 Å². The highest BCUT2D eigenvalue weighted by molar-refractivity contribution is 4.85. The van der Waals surface area contributed by atoms with Crippen LogP contribution in [0.3, 0.4) is 0 Å². The molecule has 0 spiro atoms. The van der Waals surface area contributed by atoms with Gasteiger partial charge in [-0.15, -0.1) is 0 Å². The van der Waals surface area contributed by atoms with Crippen LogP contribution in [-0.2, 0) is 0 Å². The first-order valence-electron chi connectivity index (χ1n) is 3.06. The molecule has 0 saturated carbocycles. The van der Waals surface area contributed by atoms with Crippen LogP contribution in [0.15, 0.2) is 0 Å². The molecule has 0 aliphatic carbocycles. The molecule has 0 radical (unpaired) electrons. The largest absolute Gasteiger partial charge is 0.399 e. The Morgan fingerprint density at radius 1 is 1.00 bits per heavy atom. The van der Waals surface area contributed by atoms with E-state index in [0.717, 1.165) is 0 Å². The normalized spacial score (nSPS) is 16.4. The number of rotatable bonds is 3. The van der Waals surface area contributed by atoms with E-state index in [1.165, 1.54) is 0 Å². The molecule has 0 heterocycles. The van der Waals surface area contributed by atoms with Crippen molar-refractivity contribution in [3.8, 4) is 0 Å². The molecule has 1 nitrogen and oxygen atoms in total. The summed E-state index contributed by atoms with van der Waals surface area (Å²) in [5.74, 6) is -8.63. The first kappa shape index (κ1) is 12.5. The minimum atomic E-state index is -5.42.